The number of thioether (sulfide) groups is 1. The van der Waals surface area contributed by atoms with Gasteiger partial charge in [-0.2, -0.15) is 0 Å². The van der Waals surface area contributed by atoms with Crippen LogP contribution in [0.3, 0.4) is 0 Å². The minimum atomic E-state index is -0.0446. The summed E-state index contributed by atoms with van der Waals surface area (Å²) in [4.78, 5) is 14.7. The third-order valence-electron chi connectivity index (χ3n) is 3.65. The van der Waals surface area contributed by atoms with Crippen molar-refractivity contribution in [3.63, 3.8) is 0 Å². The van der Waals surface area contributed by atoms with Gasteiger partial charge in [-0.15, -0.1) is 11.8 Å². The Hall–Kier alpha value is -1.10. The fourth-order valence-corrected chi connectivity index (χ4v) is 4.17. The number of hydrogen-bond donors (Lipinski definition) is 0. The van der Waals surface area contributed by atoms with Crippen LogP contribution in [-0.4, -0.2) is 23.1 Å². The molecule has 1 aromatic heterocycles. The number of amides is 1. The van der Waals surface area contributed by atoms with Crippen molar-refractivity contribution in [3.8, 4) is 0 Å². The first-order valence-corrected chi connectivity index (χ1v) is 8.72. The van der Waals surface area contributed by atoms with E-state index in [9.17, 15) is 4.79 Å². The van der Waals surface area contributed by atoms with Crippen molar-refractivity contribution in [1.29, 1.82) is 0 Å². The average Bonchev–Trinajstić information content (AvgIpc) is 3.07. The number of nitrogens with zero attached hydrogens (tertiary/aromatic N) is 1. The molecule has 116 valence electrons. The van der Waals surface area contributed by atoms with Gasteiger partial charge in [0, 0.05) is 12.3 Å². The second-order valence-corrected chi connectivity index (χ2v) is 7.22. The third-order valence-corrected chi connectivity index (χ3v) is 5.65. The van der Waals surface area contributed by atoms with Gasteiger partial charge < -0.3 is 9.32 Å². The van der Waals surface area contributed by atoms with E-state index in [2.05, 4.69) is 0 Å². The van der Waals surface area contributed by atoms with E-state index >= 15 is 0 Å². The highest BCUT2D eigenvalue weighted by atomic mass is 35.5. The highest BCUT2D eigenvalue weighted by molar-refractivity contribution is 7.99. The maximum Gasteiger partial charge on any atom is 0.258 e. The number of carbonyl (C=O) groups excluding carboxylic acids is 1. The Morgan fingerprint density at radius 1 is 1.27 bits per heavy atom. The van der Waals surface area contributed by atoms with Crippen LogP contribution in [0.1, 0.15) is 32.8 Å². The van der Waals surface area contributed by atoms with Gasteiger partial charge in [-0.3, -0.25) is 4.79 Å². The second kappa shape index (κ2) is 6.19. The van der Waals surface area contributed by atoms with Crippen LogP contribution in [0.2, 0.25) is 10.0 Å². The molecule has 3 nitrogen and oxygen atoms in total. The molecule has 2 heterocycles. The predicted octanol–water partition coefficient (Wildman–Crippen LogP) is 5.09. The van der Waals surface area contributed by atoms with Crippen LogP contribution in [-0.2, 0) is 0 Å². The Bertz CT molecular complexity index is 729. The molecule has 1 aromatic carbocycles. The van der Waals surface area contributed by atoms with Crippen molar-refractivity contribution in [3.05, 3.63) is 57.0 Å². The van der Waals surface area contributed by atoms with Crippen molar-refractivity contribution in [2.24, 2.45) is 0 Å². The molecule has 0 unspecified atom stereocenters. The SMILES string of the molecule is Cc1cc(C(=O)N2CCS[C@H]2c2ccc(Cl)c(Cl)c2)c(C)o1. The molecule has 0 aliphatic carbocycles. The molecule has 1 amide bonds. The molecule has 2 aromatic rings. The van der Waals surface area contributed by atoms with Crippen LogP contribution < -0.4 is 0 Å². The van der Waals surface area contributed by atoms with Gasteiger partial charge in [0.1, 0.15) is 16.9 Å². The number of carbonyl (C=O) groups is 1. The lowest BCUT2D eigenvalue weighted by molar-refractivity contribution is 0.0758. The maximum absolute atomic E-state index is 12.8. The van der Waals surface area contributed by atoms with E-state index in [-0.39, 0.29) is 11.3 Å². The molecule has 1 fully saturated rings. The van der Waals surface area contributed by atoms with Gasteiger partial charge in [0.05, 0.1) is 15.6 Å². The molecular formula is C16H15Cl2NO2S. The van der Waals surface area contributed by atoms with E-state index in [1.165, 1.54) is 0 Å². The highest BCUT2D eigenvalue weighted by Gasteiger charge is 2.33. The lowest BCUT2D eigenvalue weighted by Crippen LogP contribution is -2.30. The minimum Gasteiger partial charge on any atom is -0.466 e. The molecule has 0 bridgehead atoms. The summed E-state index contributed by atoms with van der Waals surface area (Å²) in [6.45, 7) is 4.37. The van der Waals surface area contributed by atoms with Crippen LogP contribution in [0.25, 0.3) is 0 Å². The van der Waals surface area contributed by atoms with Crippen LogP contribution in [0.15, 0.2) is 28.7 Å². The molecule has 0 spiro atoms. The number of rotatable bonds is 2. The maximum atomic E-state index is 12.8. The molecule has 0 radical (unpaired) electrons. The van der Waals surface area contributed by atoms with E-state index < -0.39 is 0 Å². The van der Waals surface area contributed by atoms with Gasteiger partial charge in [-0.25, -0.2) is 0 Å². The number of aryl methyl sites for hydroxylation is 2. The van der Waals surface area contributed by atoms with Crippen molar-refractivity contribution in [2.75, 3.05) is 12.3 Å². The van der Waals surface area contributed by atoms with E-state index in [0.717, 1.165) is 17.1 Å². The van der Waals surface area contributed by atoms with Crippen LogP contribution in [0.5, 0.6) is 0 Å². The first-order valence-electron chi connectivity index (χ1n) is 6.92. The fourth-order valence-electron chi connectivity index (χ4n) is 2.62. The molecule has 1 aliphatic rings. The first kappa shape index (κ1) is 15.8. The number of hydrogen-bond acceptors (Lipinski definition) is 3. The molecule has 3 rings (SSSR count). The molecule has 0 N–H and O–H groups in total. The molecule has 1 atom stereocenters. The summed E-state index contributed by atoms with van der Waals surface area (Å²) in [7, 11) is 0. The van der Waals surface area contributed by atoms with Gasteiger partial charge in [0.25, 0.3) is 5.91 Å². The Kier molecular flexibility index (Phi) is 4.44. The zero-order chi connectivity index (χ0) is 15.9. The molecule has 6 heteroatoms. The summed E-state index contributed by atoms with van der Waals surface area (Å²) in [6, 6.07) is 7.33. The van der Waals surface area contributed by atoms with E-state index in [0.29, 0.717) is 27.9 Å². The highest BCUT2D eigenvalue weighted by Crippen LogP contribution is 2.40. The number of furan rings is 1. The van der Waals surface area contributed by atoms with E-state index in [4.69, 9.17) is 27.6 Å². The van der Waals surface area contributed by atoms with Gasteiger partial charge >= 0.3 is 0 Å². The topological polar surface area (TPSA) is 33.5 Å². The predicted molar refractivity (Wildman–Crippen MR) is 90.9 cm³/mol. The Balaban J connectivity index is 1.91. The quantitative estimate of drug-likeness (QED) is 0.751. The molecule has 0 saturated carbocycles. The molecule has 22 heavy (non-hydrogen) atoms. The first-order chi connectivity index (χ1) is 10.5. The third kappa shape index (κ3) is 2.87. The van der Waals surface area contributed by atoms with Gasteiger partial charge in [0.2, 0.25) is 0 Å². The lowest BCUT2D eigenvalue weighted by Gasteiger charge is -2.24. The minimum absolute atomic E-state index is 0.00424. The van der Waals surface area contributed by atoms with Crippen molar-refractivity contribution >= 4 is 40.9 Å². The standard InChI is InChI=1S/C16H15Cl2NO2S/c1-9-7-12(10(2)21-9)15(20)19-5-6-22-16(19)11-3-4-13(17)14(18)8-11/h3-4,7-8,16H,5-6H2,1-2H3/t16-/m0/s1. The Labute approximate surface area is 143 Å². The van der Waals surface area contributed by atoms with Crippen LogP contribution in [0.4, 0.5) is 0 Å². The number of halogens is 2. The zero-order valence-electron chi connectivity index (χ0n) is 12.2. The Morgan fingerprint density at radius 2 is 2.05 bits per heavy atom. The average molecular weight is 356 g/mol. The summed E-state index contributed by atoms with van der Waals surface area (Å²) < 4.78 is 5.48. The van der Waals surface area contributed by atoms with Gasteiger partial charge in [-0.1, -0.05) is 29.3 Å². The smallest absolute Gasteiger partial charge is 0.258 e. The normalized spacial score (nSPS) is 18.0. The van der Waals surface area contributed by atoms with Gasteiger partial charge in [-0.05, 0) is 37.6 Å². The monoisotopic (exact) mass is 355 g/mol. The molecule has 1 aliphatic heterocycles. The fraction of sp³-hybridized carbons (Fsp3) is 0.312. The summed E-state index contributed by atoms with van der Waals surface area (Å²) in [5.41, 5.74) is 1.62. The molecular weight excluding hydrogens is 341 g/mol. The summed E-state index contributed by atoms with van der Waals surface area (Å²) in [5.74, 6) is 2.30. The summed E-state index contributed by atoms with van der Waals surface area (Å²) in [5, 5.41) is 0.985. The lowest BCUT2D eigenvalue weighted by atomic mass is 10.1. The van der Waals surface area contributed by atoms with E-state index in [1.807, 2.05) is 30.9 Å². The van der Waals surface area contributed by atoms with E-state index in [1.54, 1.807) is 23.9 Å². The molecule has 1 saturated heterocycles. The van der Waals surface area contributed by atoms with Crippen molar-refractivity contribution < 1.29 is 9.21 Å². The van der Waals surface area contributed by atoms with Crippen molar-refractivity contribution in [1.82, 2.24) is 4.90 Å². The second-order valence-electron chi connectivity index (χ2n) is 5.22. The van der Waals surface area contributed by atoms with Crippen LogP contribution >= 0.6 is 35.0 Å². The van der Waals surface area contributed by atoms with Gasteiger partial charge in [0.15, 0.2) is 0 Å². The Morgan fingerprint density at radius 3 is 2.68 bits per heavy atom. The van der Waals surface area contributed by atoms with Crippen LogP contribution in [0, 0.1) is 13.8 Å². The zero-order valence-corrected chi connectivity index (χ0v) is 14.6. The van der Waals surface area contributed by atoms with Crippen molar-refractivity contribution in [2.45, 2.75) is 19.2 Å². The summed E-state index contributed by atoms with van der Waals surface area (Å²) in [6.07, 6.45) is 0. The summed E-state index contributed by atoms with van der Waals surface area (Å²) >= 11 is 13.8. The number of benzene rings is 1. The largest absolute Gasteiger partial charge is 0.466 e.